The van der Waals surface area contributed by atoms with Crippen LogP contribution >= 0.6 is 0 Å². The molecule has 1 aromatic heterocycles. The van der Waals surface area contributed by atoms with Gasteiger partial charge in [-0.1, -0.05) is 0 Å². The van der Waals surface area contributed by atoms with E-state index in [1.165, 1.54) is 24.3 Å². The van der Waals surface area contributed by atoms with Crippen LogP contribution in [0.25, 0.3) is 0 Å². The van der Waals surface area contributed by atoms with E-state index in [2.05, 4.69) is 15.1 Å². The topological polar surface area (TPSA) is 113 Å². The molecular formula is C16H22N4O4S. The van der Waals surface area contributed by atoms with Gasteiger partial charge in [-0.15, -0.1) is 0 Å². The Morgan fingerprint density at radius 2 is 1.96 bits per heavy atom. The van der Waals surface area contributed by atoms with Crippen LogP contribution in [-0.4, -0.2) is 42.4 Å². The Morgan fingerprint density at radius 1 is 1.32 bits per heavy atom. The molecule has 2 aromatic rings. The highest BCUT2D eigenvalue weighted by atomic mass is 32.2. The second-order valence-electron chi connectivity index (χ2n) is 5.66. The molecule has 0 radical (unpaired) electrons. The fraction of sp³-hybridized carbons (Fsp3) is 0.375. The number of aliphatic hydroxyl groups excluding tert-OH is 1. The Balaban J connectivity index is 2.14. The molecule has 1 unspecified atom stereocenters. The first-order valence-corrected chi connectivity index (χ1v) is 9.24. The minimum Gasteiger partial charge on any atom is -0.395 e. The Labute approximate surface area is 146 Å². The number of nitrogens with one attached hydrogen (secondary N) is 2. The predicted molar refractivity (Wildman–Crippen MR) is 92.5 cm³/mol. The molecular weight excluding hydrogens is 344 g/mol. The molecule has 0 aliphatic carbocycles. The van der Waals surface area contributed by atoms with Crippen LogP contribution in [0.3, 0.4) is 0 Å². The maximum Gasteiger partial charge on any atom is 0.251 e. The van der Waals surface area contributed by atoms with Gasteiger partial charge >= 0.3 is 0 Å². The SMILES string of the molecule is Cc1c(C(C)NS(=O)(=O)c2ccc(C(=O)NCCO)cc2)cnn1C. The van der Waals surface area contributed by atoms with Crippen LogP contribution < -0.4 is 10.0 Å². The van der Waals surface area contributed by atoms with Crippen molar-refractivity contribution in [2.24, 2.45) is 7.05 Å². The summed E-state index contributed by atoms with van der Waals surface area (Å²) in [7, 11) is -1.94. The zero-order valence-electron chi connectivity index (χ0n) is 14.4. The number of aryl methyl sites for hydroxylation is 1. The second-order valence-corrected chi connectivity index (χ2v) is 7.37. The number of benzene rings is 1. The van der Waals surface area contributed by atoms with Crippen molar-refractivity contribution in [3.63, 3.8) is 0 Å². The molecule has 1 aromatic carbocycles. The lowest BCUT2D eigenvalue weighted by Crippen LogP contribution is -2.28. The molecule has 0 saturated carbocycles. The molecule has 0 saturated heterocycles. The summed E-state index contributed by atoms with van der Waals surface area (Å²) in [4.78, 5) is 11.8. The van der Waals surface area contributed by atoms with Gasteiger partial charge in [-0.25, -0.2) is 13.1 Å². The average Bonchev–Trinajstić information content (AvgIpc) is 2.91. The van der Waals surface area contributed by atoms with Crippen LogP contribution in [0.1, 0.15) is 34.6 Å². The highest BCUT2D eigenvalue weighted by Gasteiger charge is 2.21. The maximum absolute atomic E-state index is 12.5. The lowest BCUT2D eigenvalue weighted by Gasteiger charge is -2.14. The Hall–Kier alpha value is -2.23. The molecule has 0 bridgehead atoms. The number of aromatic nitrogens is 2. The van der Waals surface area contributed by atoms with Crippen molar-refractivity contribution in [2.75, 3.05) is 13.2 Å². The van der Waals surface area contributed by atoms with Gasteiger partial charge in [-0.3, -0.25) is 9.48 Å². The van der Waals surface area contributed by atoms with Gasteiger partial charge in [0.05, 0.1) is 17.7 Å². The van der Waals surface area contributed by atoms with E-state index in [-0.39, 0.29) is 24.0 Å². The number of amides is 1. The molecule has 2 rings (SSSR count). The second kappa shape index (κ2) is 7.77. The molecule has 3 N–H and O–H groups in total. The van der Waals surface area contributed by atoms with Crippen molar-refractivity contribution in [1.29, 1.82) is 0 Å². The molecule has 1 heterocycles. The van der Waals surface area contributed by atoms with E-state index in [1.807, 2.05) is 6.92 Å². The number of carbonyl (C=O) groups excluding carboxylic acids is 1. The standard InChI is InChI=1S/C16H22N4O4S/c1-11(15-10-18-20(3)12(15)2)19-25(23,24)14-6-4-13(5-7-14)16(22)17-8-9-21/h4-7,10-11,19,21H,8-9H2,1-3H3,(H,17,22). The number of hydrogen-bond donors (Lipinski definition) is 3. The minimum atomic E-state index is -3.73. The third-order valence-electron chi connectivity index (χ3n) is 3.90. The van der Waals surface area contributed by atoms with Crippen molar-refractivity contribution in [1.82, 2.24) is 19.8 Å². The van der Waals surface area contributed by atoms with Crippen LogP contribution in [0.5, 0.6) is 0 Å². The summed E-state index contributed by atoms with van der Waals surface area (Å²) >= 11 is 0. The van der Waals surface area contributed by atoms with Gasteiger partial charge in [0, 0.05) is 36.5 Å². The van der Waals surface area contributed by atoms with Gasteiger partial charge in [0.2, 0.25) is 10.0 Å². The smallest absolute Gasteiger partial charge is 0.251 e. The van der Waals surface area contributed by atoms with Gasteiger partial charge in [0.1, 0.15) is 0 Å². The lowest BCUT2D eigenvalue weighted by atomic mass is 10.1. The van der Waals surface area contributed by atoms with E-state index >= 15 is 0 Å². The summed E-state index contributed by atoms with van der Waals surface area (Å²) in [5.41, 5.74) is 2.00. The largest absolute Gasteiger partial charge is 0.395 e. The molecule has 0 spiro atoms. The number of nitrogens with zero attached hydrogens (tertiary/aromatic N) is 2. The van der Waals surface area contributed by atoms with E-state index in [0.29, 0.717) is 5.56 Å². The molecule has 0 aliphatic rings. The number of rotatable bonds is 7. The van der Waals surface area contributed by atoms with E-state index < -0.39 is 16.1 Å². The fourth-order valence-corrected chi connectivity index (χ4v) is 3.58. The summed E-state index contributed by atoms with van der Waals surface area (Å²) in [5.74, 6) is -0.370. The van der Waals surface area contributed by atoms with Crippen molar-refractivity contribution in [3.8, 4) is 0 Å². The summed E-state index contributed by atoms with van der Waals surface area (Å²) in [5, 5.41) is 15.3. The van der Waals surface area contributed by atoms with Crippen molar-refractivity contribution < 1.29 is 18.3 Å². The zero-order valence-corrected chi connectivity index (χ0v) is 15.2. The third kappa shape index (κ3) is 4.44. The van der Waals surface area contributed by atoms with Crippen molar-refractivity contribution in [3.05, 3.63) is 47.3 Å². The summed E-state index contributed by atoms with van der Waals surface area (Å²) in [6, 6.07) is 5.17. The molecule has 136 valence electrons. The van der Waals surface area contributed by atoms with Gasteiger partial charge in [-0.2, -0.15) is 5.10 Å². The molecule has 25 heavy (non-hydrogen) atoms. The first kappa shape index (κ1) is 19.1. The lowest BCUT2D eigenvalue weighted by molar-refractivity contribution is 0.0944. The molecule has 0 aliphatic heterocycles. The first-order chi connectivity index (χ1) is 11.8. The average molecular weight is 366 g/mol. The summed E-state index contributed by atoms with van der Waals surface area (Å²) in [6.45, 7) is 3.60. The summed E-state index contributed by atoms with van der Waals surface area (Å²) in [6.07, 6.45) is 1.64. The van der Waals surface area contributed by atoms with Crippen LogP contribution in [0, 0.1) is 6.92 Å². The maximum atomic E-state index is 12.5. The van der Waals surface area contributed by atoms with Gasteiger partial charge in [0.25, 0.3) is 5.91 Å². The minimum absolute atomic E-state index is 0.0691. The van der Waals surface area contributed by atoms with Crippen molar-refractivity contribution in [2.45, 2.75) is 24.8 Å². The van der Waals surface area contributed by atoms with Crippen LogP contribution in [0.4, 0.5) is 0 Å². The molecule has 9 heteroatoms. The Morgan fingerprint density at radius 3 is 2.48 bits per heavy atom. The van der Waals surface area contributed by atoms with E-state index in [1.54, 1.807) is 24.9 Å². The first-order valence-electron chi connectivity index (χ1n) is 7.76. The molecule has 1 atom stereocenters. The van der Waals surface area contributed by atoms with E-state index in [9.17, 15) is 13.2 Å². The quantitative estimate of drug-likeness (QED) is 0.660. The van der Waals surface area contributed by atoms with Crippen molar-refractivity contribution >= 4 is 15.9 Å². The van der Waals surface area contributed by atoms with Gasteiger partial charge < -0.3 is 10.4 Å². The van der Waals surface area contributed by atoms with Crippen LogP contribution in [-0.2, 0) is 17.1 Å². The molecule has 1 amide bonds. The van der Waals surface area contributed by atoms with Gasteiger partial charge in [0.15, 0.2) is 0 Å². The fourth-order valence-electron chi connectivity index (χ4n) is 2.36. The number of aliphatic hydroxyl groups is 1. The Bertz CT molecular complexity index is 844. The highest BCUT2D eigenvalue weighted by molar-refractivity contribution is 7.89. The zero-order chi connectivity index (χ0) is 18.6. The normalized spacial score (nSPS) is 12.8. The van der Waals surface area contributed by atoms with Crippen LogP contribution in [0.15, 0.2) is 35.4 Å². The third-order valence-corrected chi connectivity index (χ3v) is 5.45. The van der Waals surface area contributed by atoms with Gasteiger partial charge in [-0.05, 0) is 38.1 Å². The molecule has 8 nitrogen and oxygen atoms in total. The monoisotopic (exact) mass is 366 g/mol. The predicted octanol–water partition coefficient (Wildman–Crippen LogP) is 0.490. The Kier molecular flexibility index (Phi) is 5.93. The van der Waals surface area contributed by atoms with E-state index in [4.69, 9.17) is 5.11 Å². The molecule has 0 fully saturated rings. The van der Waals surface area contributed by atoms with E-state index in [0.717, 1.165) is 11.3 Å². The number of sulfonamides is 1. The number of carbonyl (C=O) groups is 1. The highest BCUT2D eigenvalue weighted by Crippen LogP contribution is 2.19. The summed E-state index contributed by atoms with van der Waals surface area (Å²) < 4.78 is 29.3. The number of hydrogen-bond acceptors (Lipinski definition) is 5. The van der Waals surface area contributed by atoms with Crippen LogP contribution in [0.2, 0.25) is 0 Å².